The number of benzene rings is 1. The van der Waals surface area contributed by atoms with E-state index < -0.39 is 0 Å². The molecule has 1 rings (SSSR count). The summed E-state index contributed by atoms with van der Waals surface area (Å²) in [5, 5.41) is 6.00. The number of ether oxygens (including phenoxy) is 2. The maximum Gasteiger partial charge on any atom is 0.258 e. The highest BCUT2D eigenvalue weighted by atomic mass is 16.5. The SMILES string of the molecule is CNC(C)Cc1ccc(OCC(=O)NC(C)COC)cc1. The van der Waals surface area contributed by atoms with E-state index in [0.29, 0.717) is 18.4 Å². The summed E-state index contributed by atoms with van der Waals surface area (Å²) in [7, 11) is 3.56. The minimum absolute atomic E-state index is 0.0142. The van der Waals surface area contributed by atoms with E-state index >= 15 is 0 Å². The maximum atomic E-state index is 11.7. The molecule has 5 nitrogen and oxygen atoms in total. The van der Waals surface area contributed by atoms with E-state index in [1.165, 1.54) is 5.56 Å². The monoisotopic (exact) mass is 294 g/mol. The first-order valence-corrected chi connectivity index (χ1v) is 7.22. The van der Waals surface area contributed by atoms with Crippen LogP contribution in [-0.4, -0.2) is 45.4 Å². The molecule has 118 valence electrons. The van der Waals surface area contributed by atoms with E-state index in [0.717, 1.165) is 6.42 Å². The first kappa shape index (κ1) is 17.5. The molecule has 0 radical (unpaired) electrons. The summed E-state index contributed by atoms with van der Waals surface area (Å²) in [6.45, 7) is 4.53. The van der Waals surface area contributed by atoms with Gasteiger partial charge in [0.2, 0.25) is 0 Å². The minimum Gasteiger partial charge on any atom is -0.484 e. The molecule has 0 aliphatic rings. The van der Waals surface area contributed by atoms with Gasteiger partial charge in [-0.3, -0.25) is 4.79 Å². The molecular weight excluding hydrogens is 268 g/mol. The summed E-state index contributed by atoms with van der Waals surface area (Å²) in [6.07, 6.45) is 0.964. The number of amides is 1. The van der Waals surface area contributed by atoms with Gasteiger partial charge in [0.1, 0.15) is 5.75 Å². The van der Waals surface area contributed by atoms with Gasteiger partial charge in [-0.25, -0.2) is 0 Å². The zero-order valence-corrected chi connectivity index (χ0v) is 13.3. The summed E-state index contributed by atoms with van der Waals surface area (Å²) in [5.41, 5.74) is 1.24. The molecule has 21 heavy (non-hydrogen) atoms. The van der Waals surface area contributed by atoms with Crippen molar-refractivity contribution in [3.63, 3.8) is 0 Å². The standard InChI is InChI=1S/C16H26N2O3/c1-12(17-3)9-14-5-7-15(8-6-14)21-11-16(19)18-13(2)10-20-4/h5-8,12-13,17H,9-11H2,1-4H3,(H,18,19). The fourth-order valence-electron chi connectivity index (χ4n) is 1.93. The lowest BCUT2D eigenvalue weighted by atomic mass is 10.1. The van der Waals surface area contributed by atoms with Gasteiger partial charge in [-0.05, 0) is 45.0 Å². The van der Waals surface area contributed by atoms with Crippen molar-refractivity contribution in [2.75, 3.05) is 27.4 Å². The number of rotatable bonds is 9. The van der Waals surface area contributed by atoms with Gasteiger partial charge < -0.3 is 20.1 Å². The van der Waals surface area contributed by atoms with Crippen LogP contribution in [0.15, 0.2) is 24.3 Å². The van der Waals surface area contributed by atoms with Crippen LogP contribution in [0, 0.1) is 0 Å². The third-order valence-corrected chi connectivity index (χ3v) is 3.15. The van der Waals surface area contributed by atoms with Crippen molar-refractivity contribution in [1.29, 1.82) is 0 Å². The van der Waals surface area contributed by atoms with Gasteiger partial charge in [0, 0.05) is 19.2 Å². The zero-order valence-electron chi connectivity index (χ0n) is 13.3. The summed E-state index contributed by atoms with van der Waals surface area (Å²) >= 11 is 0. The lowest BCUT2D eigenvalue weighted by Gasteiger charge is -2.13. The van der Waals surface area contributed by atoms with Crippen molar-refractivity contribution in [2.24, 2.45) is 0 Å². The van der Waals surface area contributed by atoms with Crippen LogP contribution in [-0.2, 0) is 16.0 Å². The van der Waals surface area contributed by atoms with Crippen molar-refractivity contribution >= 4 is 5.91 Å². The second-order valence-corrected chi connectivity index (χ2v) is 5.25. The Hall–Kier alpha value is -1.59. The first-order valence-electron chi connectivity index (χ1n) is 7.22. The van der Waals surface area contributed by atoms with E-state index in [9.17, 15) is 4.79 Å². The Kier molecular flexibility index (Phi) is 7.79. The van der Waals surface area contributed by atoms with E-state index in [1.54, 1.807) is 7.11 Å². The van der Waals surface area contributed by atoms with Gasteiger partial charge >= 0.3 is 0 Å². The Morgan fingerprint density at radius 3 is 2.43 bits per heavy atom. The molecule has 1 aromatic rings. The number of hydrogen-bond donors (Lipinski definition) is 2. The molecule has 0 aliphatic heterocycles. The van der Waals surface area contributed by atoms with Crippen LogP contribution in [0.2, 0.25) is 0 Å². The molecule has 2 atom stereocenters. The normalized spacial score (nSPS) is 13.5. The first-order chi connectivity index (χ1) is 10.0. The van der Waals surface area contributed by atoms with E-state index in [2.05, 4.69) is 17.6 Å². The molecule has 5 heteroatoms. The Labute approximate surface area is 127 Å². The zero-order chi connectivity index (χ0) is 15.7. The molecule has 0 fully saturated rings. The number of carbonyl (C=O) groups excluding carboxylic acids is 1. The third kappa shape index (κ3) is 7.11. The van der Waals surface area contributed by atoms with E-state index in [4.69, 9.17) is 9.47 Å². The van der Waals surface area contributed by atoms with Crippen LogP contribution in [0.5, 0.6) is 5.75 Å². The quantitative estimate of drug-likeness (QED) is 0.722. The van der Waals surface area contributed by atoms with Crippen molar-refractivity contribution in [1.82, 2.24) is 10.6 Å². The van der Waals surface area contributed by atoms with Crippen LogP contribution < -0.4 is 15.4 Å². The topological polar surface area (TPSA) is 59.6 Å². The summed E-state index contributed by atoms with van der Waals surface area (Å²) in [5.74, 6) is 0.554. The highest BCUT2D eigenvalue weighted by Gasteiger charge is 2.08. The van der Waals surface area contributed by atoms with Crippen LogP contribution in [0.1, 0.15) is 19.4 Å². The molecule has 2 unspecified atom stereocenters. The average Bonchev–Trinajstić information content (AvgIpc) is 2.46. The number of carbonyl (C=O) groups is 1. The predicted molar refractivity (Wildman–Crippen MR) is 83.6 cm³/mol. The lowest BCUT2D eigenvalue weighted by molar-refractivity contribution is -0.124. The van der Waals surface area contributed by atoms with Gasteiger partial charge in [0.15, 0.2) is 6.61 Å². The number of likely N-dealkylation sites (N-methyl/N-ethyl adjacent to an activating group) is 1. The van der Waals surface area contributed by atoms with Gasteiger partial charge in [-0.2, -0.15) is 0 Å². The minimum atomic E-state index is -0.146. The van der Waals surface area contributed by atoms with Crippen LogP contribution in [0.25, 0.3) is 0 Å². The second-order valence-electron chi connectivity index (χ2n) is 5.25. The Balaban J connectivity index is 2.37. The van der Waals surface area contributed by atoms with Gasteiger partial charge in [0.25, 0.3) is 5.91 Å². The second kappa shape index (κ2) is 9.37. The van der Waals surface area contributed by atoms with Gasteiger partial charge in [-0.1, -0.05) is 12.1 Å². The van der Waals surface area contributed by atoms with Crippen LogP contribution in [0.4, 0.5) is 0 Å². The average molecular weight is 294 g/mol. The summed E-state index contributed by atoms with van der Waals surface area (Å²) < 4.78 is 10.4. The highest BCUT2D eigenvalue weighted by molar-refractivity contribution is 5.77. The molecular formula is C16H26N2O3. The van der Waals surface area contributed by atoms with Crippen molar-refractivity contribution < 1.29 is 14.3 Å². The molecule has 0 saturated carbocycles. The molecule has 0 heterocycles. The molecule has 1 amide bonds. The molecule has 0 spiro atoms. The van der Waals surface area contributed by atoms with Crippen LogP contribution >= 0.6 is 0 Å². The predicted octanol–water partition coefficient (Wildman–Crippen LogP) is 1.37. The van der Waals surface area contributed by atoms with Crippen molar-refractivity contribution in [3.8, 4) is 5.75 Å². The fraction of sp³-hybridized carbons (Fsp3) is 0.562. The summed E-state index contributed by atoms with van der Waals surface area (Å²) in [6, 6.07) is 8.25. The Morgan fingerprint density at radius 1 is 1.19 bits per heavy atom. The van der Waals surface area contributed by atoms with Gasteiger partial charge in [0.05, 0.1) is 6.61 Å². The Morgan fingerprint density at radius 2 is 1.86 bits per heavy atom. The largest absolute Gasteiger partial charge is 0.484 e. The van der Waals surface area contributed by atoms with Crippen molar-refractivity contribution in [2.45, 2.75) is 32.4 Å². The lowest BCUT2D eigenvalue weighted by Crippen LogP contribution is -2.38. The number of hydrogen-bond acceptors (Lipinski definition) is 4. The van der Waals surface area contributed by atoms with E-state index in [1.807, 2.05) is 38.2 Å². The molecule has 0 saturated heterocycles. The van der Waals surface area contributed by atoms with Crippen LogP contribution in [0.3, 0.4) is 0 Å². The molecule has 0 bridgehead atoms. The third-order valence-electron chi connectivity index (χ3n) is 3.15. The number of methoxy groups -OCH3 is 1. The molecule has 0 aromatic heterocycles. The number of nitrogens with one attached hydrogen (secondary N) is 2. The molecule has 2 N–H and O–H groups in total. The fourth-order valence-corrected chi connectivity index (χ4v) is 1.93. The molecule has 1 aromatic carbocycles. The Bertz CT molecular complexity index is 420. The van der Waals surface area contributed by atoms with Crippen molar-refractivity contribution in [3.05, 3.63) is 29.8 Å². The highest BCUT2D eigenvalue weighted by Crippen LogP contribution is 2.13. The smallest absolute Gasteiger partial charge is 0.258 e. The van der Waals surface area contributed by atoms with Gasteiger partial charge in [-0.15, -0.1) is 0 Å². The molecule has 0 aliphatic carbocycles. The summed E-state index contributed by atoms with van der Waals surface area (Å²) in [4.78, 5) is 11.7. The maximum absolute atomic E-state index is 11.7. The van der Waals surface area contributed by atoms with E-state index in [-0.39, 0.29) is 18.6 Å².